The fraction of sp³-hybridized carbons (Fsp3) is 0.318. The molecule has 0 bridgehead atoms. The van der Waals surface area contributed by atoms with Gasteiger partial charge in [0.05, 0.1) is 18.1 Å². The van der Waals surface area contributed by atoms with Crippen LogP contribution in [0.4, 0.5) is 0 Å². The summed E-state index contributed by atoms with van der Waals surface area (Å²) in [5.74, 6) is 0. The van der Waals surface area contributed by atoms with E-state index in [1.807, 2.05) is 12.4 Å². The highest BCUT2D eigenvalue weighted by atomic mass is 15.2. The maximum atomic E-state index is 4.79. The predicted octanol–water partition coefficient (Wildman–Crippen LogP) is 4.64. The normalized spacial score (nSPS) is 16.6. The van der Waals surface area contributed by atoms with Crippen LogP contribution in [0.15, 0.2) is 73.2 Å². The smallest absolute Gasteiger partial charge is 0.0995 e. The van der Waals surface area contributed by atoms with Crippen LogP contribution >= 0.6 is 0 Å². The third-order valence-electron chi connectivity index (χ3n) is 5.10. The second-order valence-electron chi connectivity index (χ2n) is 6.84. The van der Waals surface area contributed by atoms with Crippen molar-refractivity contribution >= 4 is 0 Å². The predicted molar refractivity (Wildman–Crippen MR) is 102 cm³/mol. The molecule has 1 saturated heterocycles. The summed E-state index contributed by atoms with van der Waals surface area (Å²) in [4.78, 5) is 7.40. The van der Waals surface area contributed by atoms with E-state index in [9.17, 15) is 0 Å². The standard InChI is InChI=1S/C22H25N3/c1-4-10-19(11-5-1)16-22(24-14-8-3-9-15-24)21-17-25(18-23-21)20-12-6-2-7-13-20/h1-2,4-7,10-13,17-18,22H,3,8-9,14-16H2. The van der Waals surface area contributed by atoms with Gasteiger partial charge in [-0.15, -0.1) is 0 Å². The van der Waals surface area contributed by atoms with Gasteiger partial charge in [0.25, 0.3) is 0 Å². The Morgan fingerprint density at radius 3 is 2.24 bits per heavy atom. The Morgan fingerprint density at radius 2 is 1.52 bits per heavy atom. The molecule has 1 aromatic heterocycles. The summed E-state index contributed by atoms with van der Waals surface area (Å²) in [5, 5.41) is 0. The molecule has 1 atom stereocenters. The summed E-state index contributed by atoms with van der Waals surface area (Å²) in [6.45, 7) is 2.35. The third kappa shape index (κ3) is 3.83. The summed E-state index contributed by atoms with van der Waals surface area (Å²) in [6, 6.07) is 21.6. The van der Waals surface area contributed by atoms with Crippen LogP contribution in [0.25, 0.3) is 5.69 Å². The number of hydrogen-bond donors (Lipinski definition) is 0. The first-order valence-electron chi connectivity index (χ1n) is 9.27. The Labute approximate surface area is 149 Å². The first-order chi connectivity index (χ1) is 12.4. The molecular weight excluding hydrogens is 306 g/mol. The molecule has 0 spiro atoms. The van der Waals surface area contributed by atoms with Crippen molar-refractivity contribution in [1.82, 2.24) is 14.5 Å². The Hall–Kier alpha value is -2.39. The van der Waals surface area contributed by atoms with Crippen molar-refractivity contribution in [2.75, 3.05) is 13.1 Å². The molecule has 1 aliphatic heterocycles. The molecule has 3 nitrogen and oxygen atoms in total. The zero-order chi connectivity index (χ0) is 16.9. The van der Waals surface area contributed by atoms with E-state index in [1.54, 1.807) is 0 Å². The van der Waals surface area contributed by atoms with E-state index in [0.717, 1.165) is 6.42 Å². The molecule has 1 aliphatic rings. The number of imidazole rings is 1. The van der Waals surface area contributed by atoms with Crippen molar-refractivity contribution in [1.29, 1.82) is 0 Å². The number of benzene rings is 2. The number of rotatable bonds is 5. The maximum absolute atomic E-state index is 4.79. The van der Waals surface area contributed by atoms with E-state index in [0.29, 0.717) is 6.04 Å². The highest BCUT2D eigenvalue weighted by Crippen LogP contribution is 2.27. The Balaban J connectivity index is 1.62. The Bertz CT molecular complexity index is 773. The fourth-order valence-corrected chi connectivity index (χ4v) is 3.74. The molecule has 25 heavy (non-hydrogen) atoms. The first kappa shape index (κ1) is 16.1. The van der Waals surface area contributed by atoms with Gasteiger partial charge in [0.1, 0.15) is 0 Å². The number of hydrogen-bond acceptors (Lipinski definition) is 2. The minimum absolute atomic E-state index is 0.354. The zero-order valence-electron chi connectivity index (χ0n) is 14.6. The van der Waals surface area contributed by atoms with Gasteiger partial charge in [-0.25, -0.2) is 4.98 Å². The van der Waals surface area contributed by atoms with Gasteiger partial charge in [0.15, 0.2) is 0 Å². The van der Waals surface area contributed by atoms with Crippen molar-refractivity contribution in [3.8, 4) is 5.69 Å². The van der Waals surface area contributed by atoms with Crippen molar-refractivity contribution in [2.24, 2.45) is 0 Å². The lowest BCUT2D eigenvalue weighted by molar-refractivity contribution is 0.159. The number of piperidine rings is 1. The average molecular weight is 331 g/mol. The monoisotopic (exact) mass is 331 g/mol. The van der Waals surface area contributed by atoms with Crippen molar-refractivity contribution in [3.63, 3.8) is 0 Å². The van der Waals surface area contributed by atoms with E-state index in [2.05, 4.69) is 70.3 Å². The second kappa shape index (κ2) is 7.66. The molecule has 3 aromatic rings. The minimum Gasteiger partial charge on any atom is -0.306 e. The van der Waals surface area contributed by atoms with Gasteiger partial charge in [-0.3, -0.25) is 4.90 Å². The van der Waals surface area contributed by atoms with Crippen LogP contribution in [0.2, 0.25) is 0 Å². The molecule has 0 aliphatic carbocycles. The lowest BCUT2D eigenvalue weighted by Crippen LogP contribution is -2.35. The molecule has 2 aromatic carbocycles. The number of likely N-dealkylation sites (tertiary alicyclic amines) is 1. The van der Waals surface area contributed by atoms with E-state index >= 15 is 0 Å². The molecule has 2 heterocycles. The van der Waals surface area contributed by atoms with Gasteiger partial charge in [-0.2, -0.15) is 0 Å². The van der Waals surface area contributed by atoms with E-state index in [4.69, 9.17) is 4.98 Å². The largest absolute Gasteiger partial charge is 0.306 e. The molecule has 1 fully saturated rings. The van der Waals surface area contributed by atoms with Crippen molar-refractivity contribution in [3.05, 3.63) is 84.4 Å². The quantitative estimate of drug-likeness (QED) is 0.679. The summed E-state index contributed by atoms with van der Waals surface area (Å²) in [6.07, 6.45) is 9.12. The highest BCUT2D eigenvalue weighted by Gasteiger charge is 2.24. The van der Waals surface area contributed by atoms with Crippen LogP contribution in [0.1, 0.15) is 36.6 Å². The first-order valence-corrected chi connectivity index (χ1v) is 9.27. The van der Waals surface area contributed by atoms with Gasteiger partial charge < -0.3 is 4.57 Å². The van der Waals surface area contributed by atoms with Gasteiger partial charge in [0.2, 0.25) is 0 Å². The van der Waals surface area contributed by atoms with Crippen LogP contribution in [-0.4, -0.2) is 27.5 Å². The van der Waals surface area contributed by atoms with Crippen molar-refractivity contribution in [2.45, 2.75) is 31.7 Å². The topological polar surface area (TPSA) is 21.1 Å². The number of aromatic nitrogens is 2. The van der Waals surface area contributed by atoms with Crippen LogP contribution in [0.5, 0.6) is 0 Å². The highest BCUT2D eigenvalue weighted by molar-refractivity contribution is 5.32. The summed E-state index contributed by atoms with van der Waals surface area (Å²) < 4.78 is 2.14. The molecule has 0 saturated carbocycles. The van der Waals surface area contributed by atoms with Crippen molar-refractivity contribution < 1.29 is 0 Å². The number of para-hydroxylation sites is 1. The van der Waals surface area contributed by atoms with E-state index in [-0.39, 0.29) is 0 Å². The minimum atomic E-state index is 0.354. The number of nitrogens with zero attached hydrogens (tertiary/aromatic N) is 3. The average Bonchev–Trinajstić information content (AvgIpc) is 3.18. The molecular formula is C22H25N3. The third-order valence-corrected chi connectivity index (χ3v) is 5.10. The molecule has 0 amide bonds. The Morgan fingerprint density at radius 1 is 0.840 bits per heavy atom. The molecule has 1 unspecified atom stereocenters. The lowest BCUT2D eigenvalue weighted by atomic mass is 9.99. The SMILES string of the molecule is c1ccc(CC(c2cn(-c3ccccc3)cn2)N2CCCCC2)cc1. The van der Waals surface area contributed by atoms with Crippen LogP contribution in [0.3, 0.4) is 0 Å². The van der Waals surface area contributed by atoms with E-state index in [1.165, 1.54) is 49.3 Å². The van der Waals surface area contributed by atoms with Gasteiger partial charge in [0, 0.05) is 11.9 Å². The molecule has 3 heteroatoms. The van der Waals surface area contributed by atoms with Crippen LogP contribution < -0.4 is 0 Å². The molecule has 128 valence electrons. The zero-order valence-corrected chi connectivity index (χ0v) is 14.6. The second-order valence-corrected chi connectivity index (χ2v) is 6.84. The summed E-state index contributed by atoms with van der Waals surface area (Å²) in [5.41, 5.74) is 3.72. The van der Waals surface area contributed by atoms with Gasteiger partial charge in [-0.1, -0.05) is 55.0 Å². The summed E-state index contributed by atoms with van der Waals surface area (Å²) in [7, 11) is 0. The molecule has 4 rings (SSSR count). The lowest BCUT2D eigenvalue weighted by Gasteiger charge is -2.33. The summed E-state index contributed by atoms with van der Waals surface area (Å²) >= 11 is 0. The van der Waals surface area contributed by atoms with E-state index < -0.39 is 0 Å². The van der Waals surface area contributed by atoms with Crippen LogP contribution in [-0.2, 0) is 6.42 Å². The molecule has 0 N–H and O–H groups in total. The molecule has 0 radical (unpaired) electrons. The van der Waals surface area contributed by atoms with Gasteiger partial charge in [-0.05, 0) is 50.0 Å². The fourth-order valence-electron chi connectivity index (χ4n) is 3.74. The van der Waals surface area contributed by atoms with Gasteiger partial charge >= 0.3 is 0 Å². The maximum Gasteiger partial charge on any atom is 0.0995 e. The Kier molecular flexibility index (Phi) is 4.93. The van der Waals surface area contributed by atoms with Crippen LogP contribution in [0, 0.1) is 0 Å².